The van der Waals surface area contributed by atoms with Crippen LogP contribution in [0.1, 0.15) is 79.2 Å². The highest BCUT2D eigenvalue weighted by Gasteiger charge is 2.40. The van der Waals surface area contributed by atoms with Gasteiger partial charge in [0.25, 0.3) is 5.91 Å². The highest BCUT2D eigenvalue weighted by molar-refractivity contribution is 5.95. The third-order valence-electron chi connectivity index (χ3n) is 8.37. The van der Waals surface area contributed by atoms with E-state index in [4.69, 9.17) is 4.74 Å². The molecule has 4 atom stereocenters. The molecule has 11 heteroatoms. The molecule has 3 heterocycles. The van der Waals surface area contributed by atoms with Crippen molar-refractivity contribution >= 4 is 5.91 Å². The van der Waals surface area contributed by atoms with Gasteiger partial charge in [0.1, 0.15) is 5.69 Å². The number of rotatable bonds is 8. The lowest BCUT2D eigenvalue weighted by Gasteiger charge is -2.41. The first-order valence-electron chi connectivity index (χ1n) is 14.7. The van der Waals surface area contributed by atoms with Gasteiger partial charge in [-0.15, -0.1) is 0 Å². The summed E-state index contributed by atoms with van der Waals surface area (Å²) in [5, 5.41) is 9.12. The number of hydrazine groups is 1. The second kappa shape index (κ2) is 12.0. The summed E-state index contributed by atoms with van der Waals surface area (Å²) in [6.45, 7) is 1.04. The Balaban J connectivity index is 1.14. The normalized spacial score (nSPS) is 26.8. The van der Waals surface area contributed by atoms with Gasteiger partial charge in [0.05, 0.1) is 17.9 Å². The molecule has 1 aromatic carbocycles. The SMILES string of the molecule is O=C(c1ccccc1)N(C1=CN(N[C@@H]2CCCC[C@H]2N[C@H]2CCCN[C@@H]2c2cccc(C(F)(F)F)n2)CO1)C1CC1. The van der Waals surface area contributed by atoms with Gasteiger partial charge in [-0.1, -0.05) is 37.1 Å². The number of nitrogens with one attached hydrogen (secondary N) is 3. The zero-order valence-corrected chi connectivity index (χ0v) is 22.9. The number of alkyl halides is 3. The van der Waals surface area contributed by atoms with Gasteiger partial charge in [0, 0.05) is 29.7 Å². The van der Waals surface area contributed by atoms with Gasteiger partial charge in [-0.25, -0.2) is 10.4 Å². The second-order valence-electron chi connectivity index (χ2n) is 11.4. The molecule has 1 saturated heterocycles. The van der Waals surface area contributed by atoms with E-state index in [0.29, 0.717) is 23.9 Å². The molecule has 1 amide bonds. The predicted molar refractivity (Wildman–Crippen MR) is 147 cm³/mol. The van der Waals surface area contributed by atoms with E-state index >= 15 is 0 Å². The number of carbonyl (C=O) groups excluding carboxylic acids is 1. The minimum atomic E-state index is -4.48. The predicted octanol–water partition coefficient (Wildman–Crippen LogP) is 4.69. The first-order chi connectivity index (χ1) is 19.9. The number of benzene rings is 1. The van der Waals surface area contributed by atoms with E-state index < -0.39 is 11.9 Å². The molecular weight excluding hydrogens is 533 g/mol. The van der Waals surface area contributed by atoms with Crippen LogP contribution in [-0.4, -0.2) is 58.2 Å². The summed E-state index contributed by atoms with van der Waals surface area (Å²) in [4.78, 5) is 19.0. The van der Waals surface area contributed by atoms with E-state index in [2.05, 4.69) is 21.0 Å². The fourth-order valence-corrected chi connectivity index (χ4v) is 6.18. The zero-order chi connectivity index (χ0) is 28.4. The van der Waals surface area contributed by atoms with Crippen LogP contribution in [-0.2, 0) is 10.9 Å². The van der Waals surface area contributed by atoms with Gasteiger partial charge >= 0.3 is 6.18 Å². The number of halogens is 3. The monoisotopic (exact) mass is 570 g/mol. The lowest BCUT2D eigenvalue weighted by atomic mass is 9.87. The van der Waals surface area contributed by atoms with E-state index in [9.17, 15) is 18.0 Å². The Kier molecular flexibility index (Phi) is 8.19. The molecule has 4 aliphatic rings. The molecule has 6 rings (SSSR count). The molecule has 0 bridgehead atoms. The van der Waals surface area contributed by atoms with Crippen LogP contribution in [0, 0.1) is 0 Å². The minimum Gasteiger partial charge on any atom is -0.455 e. The van der Waals surface area contributed by atoms with Crippen molar-refractivity contribution in [3.63, 3.8) is 0 Å². The molecule has 41 heavy (non-hydrogen) atoms. The van der Waals surface area contributed by atoms with Crippen molar-refractivity contribution in [3.8, 4) is 0 Å². The minimum absolute atomic E-state index is 0.0399. The van der Waals surface area contributed by atoms with E-state index in [1.807, 2.05) is 41.5 Å². The molecule has 0 spiro atoms. The van der Waals surface area contributed by atoms with Crippen LogP contribution >= 0.6 is 0 Å². The second-order valence-corrected chi connectivity index (χ2v) is 11.4. The summed E-state index contributed by atoms with van der Waals surface area (Å²) >= 11 is 0. The third-order valence-corrected chi connectivity index (χ3v) is 8.37. The van der Waals surface area contributed by atoms with E-state index in [1.165, 1.54) is 6.07 Å². The standard InChI is InChI=1S/C30H37F3N6O2/c31-30(32,33)26-14-6-12-25(36-26)28-24(13-7-17-34-28)35-22-10-4-5-11-23(22)37-38-18-27(41-19-38)39(21-15-16-21)29(40)20-8-2-1-3-9-20/h1-3,6,8-9,12,14,18,21-24,28,34-35,37H,4-5,7,10-11,13,15-17,19H2/t22-,23-,24+,28+/m1/s1. The third kappa shape index (κ3) is 6.52. The van der Waals surface area contributed by atoms with Gasteiger partial charge in [0.15, 0.2) is 6.73 Å². The maximum absolute atomic E-state index is 13.4. The maximum atomic E-state index is 13.4. The number of hydrogen-bond donors (Lipinski definition) is 3. The van der Waals surface area contributed by atoms with Crippen LogP contribution in [0.3, 0.4) is 0 Å². The zero-order valence-electron chi connectivity index (χ0n) is 22.9. The van der Waals surface area contributed by atoms with Crippen LogP contribution in [0.25, 0.3) is 0 Å². The summed E-state index contributed by atoms with van der Waals surface area (Å²) in [5.41, 5.74) is 3.80. The average Bonchev–Trinajstić information content (AvgIpc) is 3.72. The van der Waals surface area contributed by atoms with Gasteiger partial charge in [0.2, 0.25) is 5.88 Å². The molecule has 1 aromatic heterocycles. The van der Waals surface area contributed by atoms with E-state index in [0.717, 1.165) is 64.0 Å². The fourth-order valence-electron chi connectivity index (χ4n) is 6.18. The van der Waals surface area contributed by atoms with Gasteiger partial charge < -0.3 is 15.4 Å². The largest absolute Gasteiger partial charge is 0.455 e. The Labute approximate surface area is 238 Å². The molecule has 0 unspecified atom stereocenters. The lowest BCUT2D eigenvalue weighted by Crippen LogP contribution is -2.58. The Bertz CT molecular complexity index is 1240. The van der Waals surface area contributed by atoms with Crippen molar-refractivity contribution in [2.75, 3.05) is 13.3 Å². The Morgan fingerprint density at radius 1 is 0.951 bits per heavy atom. The van der Waals surface area contributed by atoms with Crippen molar-refractivity contribution in [2.24, 2.45) is 0 Å². The topological polar surface area (TPSA) is 81.8 Å². The number of aromatic nitrogens is 1. The molecule has 220 valence electrons. The fraction of sp³-hybridized carbons (Fsp3) is 0.533. The maximum Gasteiger partial charge on any atom is 0.433 e. The number of carbonyl (C=O) groups is 1. The first kappa shape index (κ1) is 28.0. The lowest BCUT2D eigenvalue weighted by molar-refractivity contribution is -0.141. The molecule has 8 nitrogen and oxygen atoms in total. The molecule has 2 aliphatic carbocycles. The van der Waals surface area contributed by atoms with Crippen molar-refractivity contribution < 1.29 is 22.7 Å². The smallest absolute Gasteiger partial charge is 0.433 e. The summed E-state index contributed by atoms with van der Waals surface area (Å²) < 4.78 is 46.1. The van der Waals surface area contributed by atoms with Crippen molar-refractivity contribution in [1.82, 2.24) is 31.0 Å². The molecular formula is C30H37F3N6O2. The highest BCUT2D eigenvalue weighted by Crippen LogP contribution is 2.34. The number of ether oxygens (including phenoxy) is 1. The molecule has 3 fully saturated rings. The number of hydrogen-bond acceptors (Lipinski definition) is 7. The Morgan fingerprint density at radius 2 is 1.71 bits per heavy atom. The number of amides is 1. The Hall–Kier alpha value is -3.15. The number of nitrogens with zero attached hydrogens (tertiary/aromatic N) is 3. The van der Waals surface area contributed by atoms with Gasteiger partial charge in [-0.2, -0.15) is 13.2 Å². The molecule has 2 saturated carbocycles. The van der Waals surface area contributed by atoms with Crippen molar-refractivity contribution in [1.29, 1.82) is 0 Å². The van der Waals surface area contributed by atoms with Crippen LogP contribution in [0.15, 0.2) is 60.6 Å². The van der Waals surface area contributed by atoms with Crippen LogP contribution in [0.2, 0.25) is 0 Å². The van der Waals surface area contributed by atoms with E-state index in [1.54, 1.807) is 11.0 Å². The number of piperidine rings is 1. The van der Waals surface area contributed by atoms with Gasteiger partial charge in [-0.05, 0) is 69.3 Å². The summed E-state index contributed by atoms with van der Waals surface area (Å²) in [5.74, 6) is 0.499. The quantitative estimate of drug-likeness (QED) is 0.425. The molecule has 2 aliphatic heterocycles. The first-order valence-corrected chi connectivity index (χ1v) is 14.7. The summed E-state index contributed by atoms with van der Waals surface area (Å²) in [7, 11) is 0. The molecule has 0 radical (unpaired) electrons. The van der Waals surface area contributed by atoms with E-state index in [-0.39, 0.29) is 36.1 Å². The van der Waals surface area contributed by atoms with Crippen LogP contribution in [0.5, 0.6) is 0 Å². The van der Waals surface area contributed by atoms with Crippen molar-refractivity contribution in [2.45, 2.75) is 87.8 Å². The van der Waals surface area contributed by atoms with Crippen LogP contribution < -0.4 is 16.1 Å². The average molecular weight is 571 g/mol. The Morgan fingerprint density at radius 3 is 2.46 bits per heavy atom. The van der Waals surface area contributed by atoms with Crippen molar-refractivity contribution in [3.05, 3.63) is 77.6 Å². The van der Waals surface area contributed by atoms with Gasteiger partial charge in [-0.3, -0.25) is 14.7 Å². The molecule has 2 aromatic rings. The summed E-state index contributed by atoms with van der Waals surface area (Å²) in [6, 6.07) is 13.5. The summed E-state index contributed by atoms with van der Waals surface area (Å²) in [6.07, 6.45) is 5.20. The number of pyridine rings is 1. The highest BCUT2D eigenvalue weighted by atomic mass is 19.4. The molecule has 3 N–H and O–H groups in total. The van der Waals surface area contributed by atoms with Crippen LogP contribution in [0.4, 0.5) is 13.2 Å².